The third-order valence-corrected chi connectivity index (χ3v) is 4.37. The molecule has 106 valence electrons. The second kappa shape index (κ2) is 7.27. The molecule has 1 fully saturated rings. The van der Waals surface area contributed by atoms with Gasteiger partial charge in [-0.2, -0.15) is 0 Å². The van der Waals surface area contributed by atoms with Crippen LogP contribution in [0.15, 0.2) is 22.7 Å². The molecular formula is C15H23BrN2O. The average Bonchev–Trinajstić information content (AvgIpc) is 2.93. The molecule has 1 heterocycles. The molecule has 3 nitrogen and oxygen atoms in total. The van der Waals surface area contributed by atoms with Crippen LogP contribution < -0.4 is 10.1 Å². The zero-order chi connectivity index (χ0) is 13.7. The largest absolute Gasteiger partial charge is 0.491 e. The minimum absolute atomic E-state index is 0.356. The summed E-state index contributed by atoms with van der Waals surface area (Å²) in [5.74, 6) is 0.936. The fraction of sp³-hybridized carbons (Fsp3) is 0.600. The minimum atomic E-state index is 0.356. The quantitative estimate of drug-likeness (QED) is 0.868. The van der Waals surface area contributed by atoms with E-state index in [-0.39, 0.29) is 0 Å². The molecule has 1 N–H and O–H groups in total. The van der Waals surface area contributed by atoms with Gasteiger partial charge in [0.05, 0.1) is 4.47 Å². The molecule has 1 aliphatic rings. The second-order valence-corrected chi connectivity index (χ2v) is 5.95. The Morgan fingerprint density at radius 1 is 1.37 bits per heavy atom. The Hall–Kier alpha value is -0.580. The van der Waals surface area contributed by atoms with E-state index in [9.17, 15) is 0 Å². The van der Waals surface area contributed by atoms with Crippen molar-refractivity contribution in [2.75, 3.05) is 33.3 Å². The molecule has 1 unspecified atom stereocenters. The number of nitrogens with one attached hydrogen (secondary N) is 1. The topological polar surface area (TPSA) is 24.5 Å². The lowest BCUT2D eigenvalue weighted by atomic mass is 10.1. The highest BCUT2D eigenvalue weighted by Gasteiger charge is 2.11. The Morgan fingerprint density at radius 2 is 2.11 bits per heavy atom. The van der Waals surface area contributed by atoms with Crippen molar-refractivity contribution in [3.05, 3.63) is 28.2 Å². The maximum atomic E-state index is 5.86. The van der Waals surface area contributed by atoms with E-state index in [1.807, 2.05) is 7.05 Å². The lowest BCUT2D eigenvalue weighted by molar-refractivity contribution is 0.237. The van der Waals surface area contributed by atoms with Crippen molar-refractivity contribution in [1.82, 2.24) is 10.2 Å². The van der Waals surface area contributed by atoms with E-state index in [0.29, 0.717) is 6.04 Å². The van der Waals surface area contributed by atoms with Gasteiger partial charge in [0, 0.05) is 12.6 Å². The maximum Gasteiger partial charge on any atom is 0.133 e. The minimum Gasteiger partial charge on any atom is -0.491 e. The normalized spacial score (nSPS) is 17.6. The van der Waals surface area contributed by atoms with Crippen LogP contribution in [0.25, 0.3) is 0 Å². The van der Waals surface area contributed by atoms with E-state index in [2.05, 4.69) is 51.3 Å². The predicted molar refractivity (Wildman–Crippen MR) is 82.8 cm³/mol. The smallest absolute Gasteiger partial charge is 0.133 e. The lowest BCUT2D eigenvalue weighted by Gasteiger charge is -2.16. The summed E-state index contributed by atoms with van der Waals surface area (Å²) in [7, 11) is 1.97. The monoisotopic (exact) mass is 326 g/mol. The summed E-state index contributed by atoms with van der Waals surface area (Å²) in [6, 6.07) is 6.66. The van der Waals surface area contributed by atoms with Gasteiger partial charge in [-0.15, -0.1) is 0 Å². The SMILES string of the molecule is CNC(C)c1ccc(OCCN2CCCC2)c(Br)c1. The molecule has 2 rings (SSSR count). The Bertz CT molecular complexity index is 405. The molecular weight excluding hydrogens is 304 g/mol. The third-order valence-electron chi connectivity index (χ3n) is 3.75. The van der Waals surface area contributed by atoms with Crippen molar-refractivity contribution in [3.63, 3.8) is 0 Å². The van der Waals surface area contributed by atoms with Crippen LogP contribution in [0.3, 0.4) is 0 Å². The summed E-state index contributed by atoms with van der Waals surface area (Å²) in [5.41, 5.74) is 1.27. The number of ether oxygens (including phenoxy) is 1. The van der Waals surface area contributed by atoms with Crippen molar-refractivity contribution < 1.29 is 4.74 Å². The number of hydrogen-bond acceptors (Lipinski definition) is 3. The molecule has 0 amide bonds. The van der Waals surface area contributed by atoms with Gasteiger partial charge in [0.2, 0.25) is 0 Å². The Morgan fingerprint density at radius 3 is 2.74 bits per heavy atom. The van der Waals surface area contributed by atoms with Gasteiger partial charge in [-0.1, -0.05) is 6.07 Å². The first-order valence-corrected chi connectivity index (χ1v) is 7.82. The van der Waals surface area contributed by atoms with Crippen LogP contribution in [0.5, 0.6) is 5.75 Å². The van der Waals surface area contributed by atoms with Gasteiger partial charge < -0.3 is 10.1 Å². The summed E-state index contributed by atoms with van der Waals surface area (Å²) in [5, 5.41) is 3.24. The number of hydrogen-bond donors (Lipinski definition) is 1. The molecule has 0 radical (unpaired) electrons. The zero-order valence-corrected chi connectivity index (χ0v) is 13.4. The summed E-state index contributed by atoms with van der Waals surface area (Å²) in [6.45, 7) is 6.39. The Kier molecular flexibility index (Phi) is 5.67. The molecule has 0 aromatic heterocycles. The Balaban J connectivity index is 1.86. The number of rotatable bonds is 6. The fourth-order valence-corrected chi connectivity index (χ4v) is 2.87. The highest BCUT2D eigenvalue weighted by atomic mass is 79.9. The van der Waals surface area contributed by atoms with Crippen molar-refractivity contribution in [1.29, 1.82) is 0 Å². The number of halogens is 1. The van der Waals surface area contributed by atoms with Crippen LogP contribution in [0.2, 0.25) is 0 Å². The van der Waals surface area contributed by atoms with E-state index in [1.54, 1.807) is 0 Å². The first-order valence-electron chi connectivity index (χ1n) is 7.02. The molecule has 19 heavy (non-hydrogen) atoms. The van der Waals surface area contributed by atoms with Crippen molar-refractivity contribution in [2.45, 2.75) is 25.8 Å². The van der Waals surface area contributed by atoms with E-state index in [0.717, 1.165) is 23.4 Å². The van der Waals surface area contributed by atoms with E-state index in [4.69, 9.17) is 4.74 Å². The molecule has 0 saturated carbocycles. The van der Waals surface area contributed by atoms with Gasteiger partial charge >= 0.3 is 0 Å². The molecule has 1 atom stereocenters. The zero-order valence-electron chi connectivity index (χ0n) is 11.8. The fourth-order valence-electron chi connectivity index (χ4n) is 2.36. The highest BCUT2D eigenvalue weighted by molar-refractivity contribution is 9.10. The average molecular weight is 327 g/mol. The van der Waals surface area contributed by atoms with Gasteiger partial charge in [0.15, 0.2) is 0 Å². The standard InChI is InChI=1S/C15H23BrN2O/c1-12(17-2)13-5-6-15(14(16)11-13)19-10-9-18-7-3-4-8-18/h5-6,11-12,17H,3-4,7-10H2,1-2H3. The Labute approximate surface area is 124 Å². The summed E-state index contributed by atoms with van der Waals surface area (Å²) >= 11 is 3.59. The van der Waals surface area contributed by atoms with Gasteiger partial charge in [-0.3, -0.25) is 4.90 Å². The van der Waals surface area contributed by atoms with Gasteiger partial charge in [0.1, 0.15) is 12.4 Å². The van der Waals surface area contributed by atoms with Crippen LogP contribution >= 0.6 is 15.9 Å². The van der Waals surface area contributed by atoms with E-state index >= 15 is 0 Å². The molecule has 1 aromatic rings. The molecule has 0 spiro atoms. The summed E-state index contributed by atoms with van der Waals surface area (Å²) in [4.78, 5) is 2.46. The van der Waals surface area contributed by atoms with Crippen LogP contribution in [0.1, 0.15) is 31.4 Å². The van der Waals surface area contributed by atoms with E-state index in [1.165, 1.54) is 31.5 Å². The van der Waals surface area contributed by atoms with E-state index < -0.39 is 0 Å². The first kappa shape index (κ1) is 14.8. The molecule has 1 aliphatic heterocycles. The van der Waals surface area contributed by atoms with Crippen LogP contribution in [0.4, 0.5) is 0 Å². The molecule has 0 aliphatic carbocycles. The predicted octanol–water partition coefficient (Wildman–Crippen LogP) is 3.20. The number of benzene rings is 1. The van der Waals surface area contributed by atoms with Crippen LogP contribution in [-0.4, -0.2) is 38.2 Å². The van der Waals surface area contributed by atoms with Gasteiger partial charge in [-0.25, -0.2) is 0 Å². The number of nitrogens with zero attached hydrogens (tertiary/aromatic N) is 1. The molecule has 0 bridgehead atoms. The molecule has 1 saturated heterocycles. The lowest BCUT2D eigenvalue weighted by Crippen LogP contribution is -2.25. The molecule has 4 heteroatoms. The van der Waals surface area contributed by atoms with Gasteiger partial charge in [0.25, 0.3) is 0 Å². The van der Waals surface area contributed by atoms with Crippen LogP contribution in [0, 0.1) is 0 Å². The van der Waals surface area contributed by atoms with Crippen molar-refractivity contribution >= 4 is 15.9 Å². The molecule has 1 aromatic carbocycles. The van der Waals surface area contributed by atoms with Crippen molar-refractivity contribution in [2.24, 2.45) is 0 Å². The third kappa shape index (κ3) is 4.20. The van der Waals surface area contributed by atoms with Gasteiger partial charge in [-0.05, 0) is 73.5 Å². The number of likely N-dealkylation sites (tertiary alicyclic amines) is 1. The second-order valence-electron chi connectivity index (χ2n) is 5.10. The first-order chi connectivity index (χ1) is 9.20. The highest BCUT2D eigenvalue weighted by Crippen LogP contribution is 2.28. The van der Waals surface area contributed by atoms with Crippen LogP contribution in [-0.2, 0) is 0 Å². The summed E-state index contributed by atoms with van der Waals surface area (Å²) < 4.78 is 6.89. The summed E-state index contributed by atoms with van der Waals surface area (Å²) in [6.07, 6.45) is 2.67. The maximum absolute atomic E-state index is 5.86. The van der Waals surface area contributed by atoms with Crippen molar-refractivity contribution in [3.8, 4) is 5.75 Å².